The van der Waals surface area contributed by atoms with Crippen molar-refractivity contribution in [2.45, 2.75) is 33.7 Å². The molecule has 1 aliphatic heterocycles. The van der Waals surface area contributed by atoms with Crippen LogP contribution in [0.25, 0.3) is 0 Å². The highest BCUT2D eigenvalue weighted by Crippen LogP contribution is 2.63. The Balaban J connectivity index is 1.78. The molecule has 1 saturated heterocycles. The molecule has 112 valence electrons. The maximum atomic E-state index is 12.3. The third-order valence-corrected chi connectivity index (χ3v) is 5.10. The minimum Gasteiger partial charge on any atom is -0.322 e. The van der Waals surface area contributed by atoms with E-state index in [1.807, 2.05) is 45.9 Å². The van der Waals surface area contributed by atoms with Crippen LogP contribution in [-0.2, 0) is 9.59 Å². The molecule has 1 aromatic rings. The lowest BCUT2D eigenvalue weighted by molar-refractivity contribution is -0.143. The van der Waals surface area contributed by atoms with E-state index in [2.05, 4.69) is 0 Å². The van der Waals surface area contributed by atoms with Gasteiger partial charge in [0.1, 0.15) is 0 Å². The third-order valence-electron chi connectivity index (χ3n) is 5.10. The molecule has 1 heterocycles. The third kappa shape index (κ3) is 2.01. The zero-order valence-corrected chi connectivity index (χ0v) is 13.0. The normalized spacial score (nSPS) is 27.8. The lowest BCUT2D eigenvalue weighted by Crippen LogP contribution is -2.41. The molecule has 2 N–H and O–H groups in total. The van der Waals surface area contributed by atoms with E-state index in [-0.39, 0.29) is 41.7 Å². The standard InChI is InChI=1S/C17H22N2O2/c1-9-5-6-10(2)11(7-9)12(18)8-19-15(20)13-14(16(19)21)17(13,3)4/h5-7,12-14H,8,18H2,1-4H3. The maximum absolute atomic E-state index is 12.3. The fourth-order valence-corrected chi connectivity index (χ4v) is 3.64. The monoisotopic (exact) mass is 286 g/mol. The number of hydrogen-bond acceptors (Lipinski definition) is 3. The van der Waals surface area contributed by atoms with Gasteiger partial charge in [0.05, 0.1) is 11.8 Å². The van der Waals surface area contributed by atoms with Gasteiger partial charge in [-0.05, 0) is 30.4 Å². The van der Waals surface area contributed by atoms with E-state index in [4.69, 9.17) is 5.73 Å². The average molecular weight is 286 g/mol. The molecule has 3 unspecified atom stereocenters. The highest BCUT2D eigenvalue weighted by atomic mass is 16.2. The number of imide groups is 1. The fourth-order valence-electron chi connectivity index (χ4n) is 3.64. The molecule has 1 aromatic carbocycles. The van der Waals surface area contributed by atoms with Crippen molar-refractivity contribution in [2.75, 3.05) is 6.54 Å². The molecule has 0 spiro atoms. The molecular formula is C17H22N2O2. The van der Waals surface area contributed by atoms with Gasteiger partial charge in [0, 0.05) is 12.6 Å². The van der Waals surface area contributed by atoms with E-state index in [1.54, 1.807) is 0 Å². The van der Waals surface area contributed by atoms with E-state index in [9.17, 15) is 9.59 Å². The van der Waals surface area contributed by atoms with Gasteiger partial charge in [-0.25, -0.2) is 0 Å². The first-order valence-electron chi connectivity index (χ1n) is 7.43. The summed E-state index contributed by atoms with van der Waals surface area (Å²) in [5, 5.41) is 0. The number of carbonyl (C=O) groups excluding carboxylic acids is 2. The first-order valence-corrected chi connectivity index (χ1v) is 7.43. The van der Waals surface area contributed by atoms with Crippen molar-refractivity contribution in [3.05, 3.63) is 34.9 Å². The van der Waals surface area contributed by atoms with Crippen LogP contribution >= 0.6 is 0 Å². The van der Waals surface area contributed by atoms with Crippen LogP contribution in [0, 0.1) is 31.1 Å². The molecule has 2 aliphatic rings. The highest BCUT2D eigenvalue weighted by Gasteiger charge is 2.72. The number of piperidine rings is 1. The molecule has 0 radical (unpaired) electrons. The van der Waals surface area contributed by atoms with Crippen molar-refractivity contribution in [2.24, 2.45) is 23.0 Å². The van der Waals surface area contributed by atoms with Gasteiger partial charge >= 0.3 is 0 Å². The predicted octanol–water partition coefficient (Wildman–Crippen LogP) is 1.94. The number of nitrogens with zero attached hydrogens (tertiary/aromatic N) is 1. The van der Waals surface area contributed by atoms with E-state index in [0.717, 1.165) is 16.7 Å². The van der Waals surface area contributed by atoms with Crippen molar-refractivity contribution in [1.82, 2.24) is 4.90 Å². The second-order valence-electron chi connectivity index (χ2n) is 7.03. The lowest BCUT2D eigenvalue weighted by Gasteiger charge is -2.25. The number of carbonyl (C=O) groups is 2. The van der Waals surface area contributed by atoms with Crippen molar-refractivity contribution in [3.63, 3.8) is 0 Å². The molecule has 0 aromatic heterocycles. The number of benzene rings is 1. The minimum absolute atomic E-state index is 0.0456. The van der Waals surface area contributed by atoms with Gasteiger partial charge in [0.25, 0.3) is 0 Å². The quantitative estimate of drug-likeness (QED) is 0.864. The summed E-state index contributed by atoms with van der Waals surface area (Å²) in [6.45, 7) is 8.27. The summed E-state index contributed by atoms with van der Waals surface area (Å²) in [5.74, 6) is -0.349. The first-order chi connectivity index (χ1) is 9.75. The molecule has 1 aliphatic carbocycles. The molecule has 2 fully saturated rings. The molecule has 2 amide bonds. The van der Waals surface area contributed by atoms with Gasteiger partial charge in [-0.1, -0.05) is 37.6 Å². The van der Waals surface area contributed by atoms with Crippen molar-refractivity contribution < 1.29 is 9.59 Å². The van der Waals surface area contributed by atoms with E-state index in [0.29, 0.717) is 0 Å². The van der Waals surface area contributed by atoms with Crippen LogP contribution in [0.2, 0.25) is 0 Å². The van der Waals surface area contributed by atoms with E-state index in [1.165, 1.54) is 4.90 Å². The topological polar surface area (TPSA) is 63.4 Å². The molecular weight excluding hydrogens is 264 g/mol. The van der Waals surface area contributed by atoms with E-state index < -0.39 is 0 Å². The molecule has 3 rings (SSSR count). The average Bonchev–Trinajstić information content (AvgIpc) is 2.89. The molecule has 3 atom stereocenters. The Bertz CT molecular complexity index is 612. The summed E-state index contributed by atoms with van der Waals surface area (Å²) in [4.78, 5) is 26.1. The van der Waals surface area contributed by atoms with Gasteiger partial charge in [-0.15, -0.1) is 0 Å². The predicted molar refractivity (Wildman–Crippen MR) is 80.3 cm³/mol. The van der Waals surface area contributed by atoms with Gasteiger partial charge in [0.15, 0.2) is 0 Å². The summed E-state index contributed by atoms with van der Waals surface area (Å²) in [6, 6.07) is 5.78. The highest BCUT2D eigenvalue weighted by molar-refractivity contribution is 6.10. The molecule has 4 nitrogen and oxygen atoms in total. The first kappa shape index (κ1) is 14.3. The number of likely N-dealkylation sites (tertiary alicyclic amines) is 1. The van der Waals surface area contributed by atoms with Crippen LogP contribution in [0.1, 0.15) is 36.6 Å². The Kier molecular flexibility index (Phi) is 2.99. The lowest BCUT2D eigenvalue weighted by atomic mass is 9.98. The fraction of sp³-hybridized carbons (Fsp3) is 0.529. The number of fused-ring (bicyclic) bond motifs is 1. The minimum atomic E-state index is -0.321. The van der Waals surface area contributed by atoms with Crippen LogP contribution in [0.15, 0.2) is 18.2 Å². The molecule has 21 heavy (non-hydrogen) atoms. The van der Waals surface area contributed by atoms with Crippen LogP contribution in [-0.4, -0.2) is 23.3 Å². The van der Waals surface area contributed by atoms with Crippen molar-refractivity contribution in [3.8, 4) is 0 Å². The molecule has 0 bridgehead atoms. The molecule has 4 heteroatoms. The summed E-state index contributed by atoms with van der Waals surface area (Å²) in [7, 11) is 0. The second kappa shape index (κ2) is 4.41. The van der Waals surface area contributed by atoms with E-state index >= 15 is 0 Å². The van der Waals surface area contributed by atoms with Crippen LogP contribution in [0.3, 0.4) is 0 Å². The maximum Gasteiger partial charge on any atom is 0.233 e. The van der Waals surface area contributed by atoms with Gasteiger partial charge < -0.3 is 5.73 Å². The number of nitrogens with two attached hydrogens (primary N) is 1. The van der Waals surface area contributed by atoms with Crippen LogP contribution in [0.5, 0.6) is 0 Å². The van der Waals surface area contributed by atoms with Gasteiger partial charge in [-0.2, -0.15) is 0 Å². The number of rotatable bonds is 3. The van der Waals surface area contributed by atoms with Gasteiger partial charge in [0.2, 0.25) is 11.8 Å². The number of amides is 2. The second-order valence-corrected chi connectivity index (χ2v) is 7.03. The van der Waals surface area contributed by atoms with Gasteiger partial charge in [-0.3, -0.25) is 14.5 Å². The zero-order valence-electron chi connectivity index (χ0n) is 13.0. The number of hydrogen-bond donors (Lipinski definition) is 1. The summed E-state index contributed by atoms with van der Waals surface area (Å²) in [6.07, 6.45) is 0. The zero-order chi connectivity index (χ0) is 15.5. The van der Waals surface area contributed by atoms with Crippen LogP contribution < -0.4 is 5.73 Å². The summed E-state index contributed by atoms with van der Waals surface area (Å²) >= 11 is 0. The number of aryl methyl sites for hydroxylation is 2. The Hall–Kier alpha value is -1.68. The van der Waals surface area contributed by atoms with Crippen molar-refractivity contribution in [1.29, 1.82) is 0 Å². The largest absolute Gasteiger partial charge is 0.322 e. The van der Waals surface area contributed by atoms with Crippen LogP contribution in [0.4, 0.5) is 0 Å². The Morgan fingerprint density at radius 3 is 2.33 bits per heavy atom. The summed E-state index contributed by atoms with van der Waals surface area (Å²) < 4.78 is 0. The molecule has 1 saturated carbocycles. The SMILES string of the molecule is Cc1ccc(C)c(C(N)CN2C(=O)C3C(C2=O)C3(C)C)c1. The summed E-state index contributed by atoms with van der Waals surface area (Å²) in [5.41, 5.74) is 9.33. The van der Waals surface area contributed by atoms with Crippen molar-refractivity contribution >= 4 is 11.8 Å². The Labute approximate surface area is 125 Å². The Morgan fingerprint density at radius 2 is 1.76 bits per heavy atom. The smallest absolute Gasteiger partial charge is 0.233 e. The Morgan fingerprint density at radius 1 is 1.19 bits per heavy atom.